The van der Waals surface area contributed by atoms with Crippen LogP contribution in [-0.4, -0.2) is 31.6 Å². The number of amides is 2. The van der Waals surface area contributed by atoms with E-state index in [0.717, 1.165) is 23.2 Å². The van der Waals surface area contributed by atoms with Gasteiger partial charge >= 0.3 is 0 Å². The van der Waals surface area contributed by atoms with Crippen molar-refractivity contribution in [1.29, 1.82) is 0 Å². The van der Waals surface area contributed by atoms with Gasteiger partial charge in [-0.15, -0.1) is 21.5 Å². The van der Waals surface area contributed by atoms with Gasteiger partial charge in [0.2, 0.25) is 11.8 Å². The number of nitrogens with zero attached hydrogens (tertiary/aromatic N) is 5. The van der Waals surface area contributed by atoms with Crippen molar-refractivity contribution in [2.24, 2.45) is 11.7 Å². The van der Waals surface area contributed by atoms with Gasteiger partial charge in [0.15, 0.2) is 10.3 Å². The number of para-hydroxylation sites is 1. The molecule has 2 heterocycles. The second-order valence-electron chi connectivity index (χ2n) is 7.59. The van der Waals surface area contributed by atoms with E-state index in [1.54, 1.807) is 18.2 Å². The number of thioether (sulfide) groups is 1. The topological polar surface area (TPSA) is 107 Å². The lowest BCUT2D eigenvalue weighted by Crippen LogP contribution is -2.23. The third-order valence-electron chi connectivity index (χ3n) is 4.42. The van der Waals surface area contributed by atoms with Gasteiger partial charge in [0, 0.05) is 37.4 Å². The number of rotatable bonds is 10. The van der Waals surface area contributed by atoms with E-state index in [9.17, 15) is 14.0 Å². The van der Waals surface area contributed by atoms with Crippen molar-refractivity contribution >= 4 is 45.7 Å². The maximum atomic E-state index is 14.3. The Morgan fingerprint density at radius 1 is 1.28 bits per heavy atom. The smallest absolute Gasteiger partial charge is 0.230 e. The Labute approximate surface area is 194 Å². The summed E-state index contributed by atoms with van der Waals surface area (Å²) in [6.45, 7) is 6.29. The summed E-state index contributed by atoms with van der Waals surface area (Å²) in [5.41, 5.74) is 6.19. The fourth-order valence-electron chi connectivity index (χ4n) is 3.04. The normalized spacial score (nSPS) is 11.2. The van der Waals surface area contributed by atoms with Crippen LogP contribution in [0.25, 0.3) is 0 Å². The summed E-state index contributed by atoms with van der Waals surface area (Å²) in [7, 11) is 0. The Kier molecular flexibility index (Phi) is 7.97. The van der Waals surface area contributed by atoms with Crippen LogP contribution in [0.3, 0.4) is 0 Å². The van der Waals surface area contributed by atoms with Crippen LogP contribution in [-0.2, 0) is 28.3 Å². The molecule has 2 aromatic heterocycles. The van der Waals surface area contributed by atoms with E-state index < -0.39 is 5.82 Å². The Hall–Kier alpha value is -2.79. The Bertz CT molecular complexity index is 1100. The molecule has 32 heavy (non-hydrogen) atoms. The number of anilines is 2. The van der Waals surface area contributed by atoms with E-state index in [4.69, 9.17) is 5.73 Å². The van der Waals surface area contributed by atoms with Gasteiger partial charge in [0.05, 0.1) is 11.4 Å². The zero-order valence-corrected chi connectivity index (χ0v) is 19.7. The molecule has 0 unspecified atom stereocenters. The van der Waals surface area contributed by atoms with Crippen LogP contribution in [0, 0.1) is 11.7 Å². The number of nitrogens with two attached hydrogens (primary N) is 1. The van der Waals surface area contributed by atoms with Gasteiger partial charge < -0.3 is 10.3 Å². The molecule has 0 spiro atoms. The Balaban J connectivity index is 1.76. The van der Waals surface area contributed by atoms with E-state index in [1.165, 1.54) is 41.0 Å². The van der Waals surface area contributed by atoms with E-state index in [2.05, 4.69) is 29.0 Å². The Morgan fingerprint density at radius 2 is 2.03 bits per heavy atom. The summed E-state index contributed by atoms with van der Waals surface area (Å²) in [4.78, 5) is 29.2. The minimum Gasteiger partial charge on any atom is -0.370 e. The molecular formula is C21H25FN6O2S2. The van der Waals surface area contributed by atoms with Crippen molar-refractivity contribution in [2.75, 3.05) is 4.90 Å². The second kappa shape index (κ2) is 10.7. The molecule has 3 rings (SSSR count). The highest BCUT2D eigenvalue weighted by Gasteiger charge is 2.21. The van der Waals surface area contributed by atoms with Crippen molar-refractivity contribution in [3.05, 3.63) is 47.0 Å². The van der Waals surface area contributed by atoms with Crippen molar-refractivity contribution in [2.45, 2.75) is 51.1 Å². The largest absolute Gasteiger partial charge is 0.370 e. The minimum atomic E-state index is -0.487. The third-order valence-corrected chi connectivity index (χ3v) is 6.30. The van der Waals surface area contributed by atoms with E-state index in [0.29, 0.717) is 23.2 Å². The minimum absolute atomic E-state index is 0.171. The molecule has 11 heteroatoms. The molecular weight excluding hydrogens is 451 g/mol. The van der Waals surface area contributed by atoms with Crippen LogP contribution < -0.4 is 10.6 Å². The predicted octanol–water partition coefficient (Wildman–Crippen LogP) is 3.92. The van der Waals surface area contributed by atoms with E-state index in [1.807, 2.05) is 9.95 Å². The van der Waals surface area contributed by atoms with Crippen LogP contribution in [0.5, 0.6) is 0 Å². The summed E-state index contributed by atoms with van der Waals surface area (Å²) >= 11 is 2.75. The number of benzene rings is 1. The summed E-state index contributed by atoms with van der Waals surface area (Å²) in [5, 5.41) is 11.5. The number of carbonyl (C=O) groups excluding carboxylic acids is 2. The van der Waals surface area contributed by atoms with Gasteiger partial charge in [-0.2, -0.15) is 0 Å². The standard InChI is InChI=1S/C21H25FN6O2S2/c1-13(2)10-27-19(9-8-18(23)30)25-26-21(27)32-12-15-11-31-20(24-15)28(14(3)29)17-7-5-4-6-16(17)22/h4-7,11,13H,8-10,12H2,1-3H3,(H2,23,30). The van der Waals surface area contributed by atoms with Gasteiger partial charge in [0.1, 0.15) is 11.6 Å². The van der Waals surface area contributed by atoms with Gasteiger partial charge in [-0.25, -0.2) is 9.37 Å². The first kappa shape index (κ1) is 23.9. The first-order valence-electron chi connectivity index (χ1n) is 10.1. The average molecular weight is 477 g/mol. The molecule has 0 fully saturated rings. The highest BCUT2D eigenvalue weighted by Crippen LogP contribution is 2.32. The van der Waals surface area contributed by atoms with Crippen LogP contribution in [0.15, 0.2) is 34.8 Å². The fourth-order valence-corrected chi connectivity index (χ4v) is 4.88. The molecule has 0 aliphatic heterocycles. The first-order chi connectivity index (χ1) is 15.3. The molecule has 2 N–H and O–H groups in total. The maximum Gasteiger partial charge on any atom is 0.230 e. The molecule has 170 valence electrons. The zero-order valence-electron chi connectivity index (χ0n) is 18.1. The lowest BCUT2D eigenvalue weighted by Gasteiger charge is -2.18. The lowest BCUT2D eigenvalue weighted by molar-refractivity contribution is -0.118. The molecule has 0 aliphatic carbocycles. The van der Waals surface area contributed by atoms with Crippen LogP contribution in [0.1, 0.15) is 38.7 Å². The molecule has 0 radical (unpaired) electrons. The number of hydrogen-bond acceptors (Lipinski definition) is 7. The number of halogens is 1. The molecule has 0 bridgehead atoms. The number of primary amides is 1. The maximum absolute atomic E-state index is 14.3. The van der Waals surface area contributed by atoms with Crippen molar-refractivity contribution in [1.82, 2.24) is 19.7 Å². The van der Waals surface area contributed by atoms with Gasteiger partial charge in [-0.1, -0.05) is 37.7 Å². The van der Waals surface area contributed by atoms with E-state index >= 15 is 0 Å². The summed E-state index contributed by atoms with van der Waals surface area (Å²) in [5.74, 6) is 0.414. The van der Waals surface area contributed by atoms with Crippen LogP contribution >= 0.6 is 23.1 Å². The molecule has 3 aromatic rings. The lowest BCUT2D eigenvalue weighted by atomic mass is 10.2. The number of carbonyl (C=O) groups is 2. The monoisotopic (exact) mass is 476 g/mol. The van der Waals surface area contributed by atoms with Gasteiger partial charge in [-0.05, 0) is 18.1 Å². The quantitative estimate of drug-likeness (QED) is 0.445. The summed E-state index contributed by atoms with van der Waals surface area (Å²) in [6.07, 6.45) is 0.653. The SMILES string of the molecule is CC(=O)N(c1nc(CSc2nnc(CCC(N)=O)n2CC(C)C)cs1)c1ccccc1F. The molecule has 1 aromatic carbocycles. The van der Waals surface area contributed by atoms with Crippen LogP contribution in [0.2, 0.25) is 0 Å². The van der Waals surface area contributed by atoms with Crippen molar-refractivity contribution < 1.29 is 14.0 Å². The van der Waals surface area contributed by atoms with Crippen molar-refractivity contribution in [3.63, 3.8) is 0 Å². The fraction of sp³-hybridized carbons (Fsp3) is 0.381. The van der Waals surface area contributed by atoms with Gasteiger partial charge in [0.25, 0.3) is 0 Å². The molecule has 0 aliphatic rings. The molecule has 0 atom stereocenters. The predicted molar refractivity (Wildman–Crippen MR) is 123 cm³/mol. The Morgan fingerprint density at radius 3 is 2.69 bits per heavy atom. The second-order valence-corrected chi connectivity index (χ2v) is 9.36. The molecule has 0 saturated heterocycles. The van der Waals surface area contributed by atoms with E-state index in [-0.39, 0.29) is 23.9 Å². The number of aromatic nitrogens is 4. The van der Waals surface area contributed by atoms with Gasteiger partial charge in [-0.3, -0.25) is 14.5 Å². The average Bonchev–Trinajstić information content (AvgIpc) is 3.33. The number of aryl methyl sites for hydroxylation is 1. The molecule has 8 nitrogen and oxygen atoms in total. The first-order valence-corrected chi connectivity index (χ1v) is 12.0. The van der Waals surface area contributed by atoms with Crippen molar-refractivity contribution in [3.8, 4) is 0 Å². The number of thiazole rings is 1. The molecule has 2 amide bonds. The highest BCUT2D eigenvalue weighted by atomic mass is 32.2. The third kappa shape index (κ3) is 5.92. The summed E-state index contributed by atoms with van der Waals surface area (Å²) in [6, 6.07) is 6.11. The highest BCUT2D eigenvalue weighted by molar-refractivity contribution is 7.98. The zero-order chi connectivity index (χ0) is 23.3. The molecule has 0 saturated carbocycles. The van der Waals surface area contributed by atoms with Crippen LogP contribution in [0.4, 0.5) is 15.2 Å². The summed E-state index contributed by atoms with van der Waals surface area (Å²) < 4.78 is 16.3. The number of hydrogen-bond donors (Lipinski definition) is 1.